The molecule has 23 heavy (non-hydrogen) atoms. The lowest BCUT2D eigenvalue weighted by Crippen LogP contribution is -1.93. The van der Waals surface area contributed by atoms with Gasteiger partial charge in [-0.1, -0.05) is 11.3 Å². The Kier molecular flexibility index (Phi) is 2.96. The number of nitriles is 1. The third-order valence-electron chi connectivity index (χ3n) is 3.22. The molecule has 0 spiro atoms. The van der Waals surface area contributed by atoms with Gasteiger partial charge in [0.2, 0.25) is 4.96 Å². The average Bonchev–Trinajstić information content (AvgIpc) is 3.23. The highest BCUT2D eigenvalue weighted by molar-refractivity contribution is 7.19. The molecule has 0 atom stereocenters. The highest BCUT2D eigenvalue weighted by Crippen LogP contribution is 2.32. The third kappa shape index (κ3) is 2.10. The number of aromatic nitrogens is 3. The SMILES string of the molecule is N#Cc1c(-c2cc(F)ccc2F)nc2sc(-c3ccco3)nn12. The molecular formula is C15H6F2N4OS. The van der Waals surface area contributed by atoms with E-state index < -0.39 is 11.6 Å². The predicted octanol–water partition coefficient (Wildman–Crippen LogP) is 3.87. The lowest BCUT2D eigenvalue weighted by Gasteiger charge is -2.00. The molecule has 4 aromatic rings. The van der Waals surface area contributed by atoms with Crippen LogP contribution in [0.3, 0.4) is 0 Å². The highest BCUT2D eigenvalue weighted by Gasteiger charge is 2.21. The lowest BCUT2D eigenvalue weighted by molar-refractivity contribution is 0.580. The van der Waals surface area contributed by atoms with E-state index in [9.17, 15) is 14.0 Å². The molecule has 0 amide bonds. The minimum Gasteiger partial charge on any atom is -0.462 e. The number of furan rings is 1. The van der Waals surface area contributed by atoms with Crippen molar-refractivity contribution in [1.29, 1.82) is 5.26 Å². The number of hydrogen-bond donors (Lipinski definition) is 0. The molecule has 0 unspecified atom stereocenters. The summed E-state index contributed by atoms with van der Waals surface area (Å²) in [5, 5.41) is 14.2. The van der Waals surface area contributed by atoms with Crippen LogP contribution in [-0.4, -0.2) is 14.6 Å². The van der Waals surface area contributed by atoms with Crippen LogP contribution < -0.4 is 0 Å². The average molecular weight is 328 g/mol. The van der Waals surface area contributed by atoms with E-state index in [-0.39, 0.29) is 17.0 Å². The van der Waals surface area contributed by atoms with Gasteiger partial charge in [-0.2, -0.15) is 9.78 Å². The monoisotopic (exact) mass is 328 g/mol. The fraction of sp³-hybridized carbons (Fsp3) is 0. The van der Waals surface area contributed by atoms with Crippen LogP contribution >= 0.6 is 11.3 Å². The van der Waals surface area contributed by atoms with E-state index in [4.69, 9.17) is 4.42 Å². The van der Waals surface area contributed by atoms with Crippen molar-refractivity contribution >= 4 is 16.3 Å². The second-order valence-electron chi connectivity index (χ2n) is 4.62. The minimum absolute atomic E-state index is 0.0403. The first kappa shape index (κ1) is 13.6. The van der Waals surface area contributed by atoms with E-state index in [0.29, 0.717) is 15.7 Å². The largest absolute Gasteiger partial charge is 0.462 e. The maximum Gasteiger partial charge on any atom is 0.214 e. The van der Waals surface area contributed by atoms with Gasteiger partial charge in [0.15, 0.2) is 16.5 Å². The van der Waals surface area contributed by atoms with Crippen molar-refractivity contribution in [3.8, 4) is 28.1 Å². The standard InChI is InChI=1S/C15H6F2N4OS/c16-8-3-4-10(17)9(6-8)13-11(7-18)21-15(19-13)23-14(20-21)12-2-1-5-22-12/h1-6H. The first-order valence-corrected chi connectivity index (χ1v) is 7.28. The summed E-state index contributed by atoms with van der Waals surface area (Å²) in [5.74, 6) is -0.714. The number of benzene rings is 1. The maximum absolute atomic E-state index is 14.0. The van der Waals surface area contributed by atoms with E-state index in [1.54, 1.807) is 12.1 Å². The lowest BCUT2D eigenvalue weighted by atomic mass is 10.1. The van der Waals surface area contributed by atoms with Crippen molar-refractivity contribution in [3.05, 3.63) is 53.9 Å². The Hall–Kier alpha value is -3.05. The van der Waals surface area contributed by atoms with Gasteiger partial charge < -0.3 is 4.42 Å². The Balaban J connectivity index is 1.94. The zero-order valence-electron chi connectivity index (χ0n) is 11.3. The molecule has 8 heteroatoms. The van der Waals surface area contributed by atoms with E-state index in [1.807, 2.05) is 6.07 Å². The van der Waals surface area contributed by atoms with Crippen LogP contribution in [0.2, 0.25) is 0 Å². The van der Waals surface area contributed by atoms with Gasteiger partial charge in [0.25, 0.3) is 0 Å². The second kappa shape index (κ2) is 5.00. The van der Waals surface area contributed by atoms with E-state index in [2.05, 4.69) is 10.1 Å². The van der Waals surface area contributed by atoms with Crippen LogP contribution in [0, 0.1) is 23.0 Å². The number of fused-ring (bicyclic) bond motifs is 1. The summed E-state index contributed by atoms with van der Waals surface area (Å²) in [6.45, 7) is 0. The summed E-state index contributed by atoms with van der Waals surface area (Å²) < 4.78 is 33.9. The minimum atomic E-state index is -0.653. The molecule has 3 heterocycles. The summed E-state index contributed by atoms with van der Waals surface area (Å²) in [6, 6.07) is 8.42. The number of imidazole rings is 1. The van der Waals surface area contributed by atoms with Gasteiger partial charge in [0, 0.05) is 5.56 Å². The van der Waals surface area contributed by atoms with Crippen LogP contribution in [0.15, 0.2) is 41.0 Å². The number of halogens is 2. The number of nitrogens with zero attached hydrogens (tertiary/aromatic N) is 4. The smallest absolute Gasteiger partial charge is 0.214 e. The molecule has 0 aliphatic carbocycles. The van der Waals surface area contributed by atoms with Crippen LogP contribution in [0.1, 0.15) is 5.69 Å². The molecule has 3 aromatic heterocycles. The zero-order chi connectivity index (χ0) is 16.0. The molecule has 0 fully saturated rings. The fourth-order valence-corrected chi connectivity index (χ4v) is 3.08. The molecule has 112 valence electrons. The summed E-state index contributed by atoms with van der Waals surface area (Å²) in [7, 11) is 0. The van der Waals surface area contributed by atoms with E-state index in [0.717, 1.165) is 18.2 Å². The first-order chi connectivity index (χ1) is 11.2. The van der Waals surface area contributed by atoms with Gasteiger partial charge in [-0.3, -0.25) is 0 Å². The molecule has 0 saturated heterocycles. The van der Waals surface area contributed by atoms with Crippen LogP contribution in [0.4, 0.5) is 8.78 Å². The number of hydrogen-bond acceptors (Lipinski definition) is 5. The predicted molar refractivity (Wildman–Crippen MR) is 78.6 cm³/mol. The Morgan fingerprint density at radius 3 is 2.87 bits per heavy atom. The molecule has 4 rings (SSSR count). The van der Waals surface area contributed by atoms with Gasteiger partial charge >= 0.3 is 0 Å². The highest BCUT2D eigenvalue weighted by atomic mass is 32.1. The second-order valence-corrected chi connectivity index (χ2v) is 5.58. The van der Waals surface area contributed by atoms with Crippen molar-refractivity contribution in [2.75, 3.05) is 0 Å². The van der Waals surface area contributed by atoms with Crippen molar-refractivity contribution < 1.29 is 13.2 Å². The summed E-state index contributed by atoms with van der Waals surface area (Å²) in [4.78, 5) is 4.63. The molecule has 1 aromatic carbocycles. The quantitative estimate of drug-likeness (QED) is 0.560. The molecule has 5 nitrogen and oxygen atoms in total. The van der Waals surface area contributed by atoms with Gasteiger partial charge in [-0.05, 0) is 30.3 Å². The Morgan fingerprint density at radius 1 is 1.26 bits per heavy atom. The Bertz CT molecular complexity index is 1060. The van der Waals surface area contributed by atoms with Crippen molar-refractivity contribution in [2.45, 2.75) is 0 Å². The van der Waals surface area contributed by atoms with Crippen molar-refractivity contribution in [2.24, 2.45) is 0 Å². The van der Waals surface area contributed by atoms with Crippen LogP contribution in [-0.2, 0) is 0 Å². The molecular weight excluding hydrogens is 322 g/mol. The van der Waals surface area contributed by atoms with Crippen molar-refractivity contribution in [1.82, 2.24) is 14.6 Å². The van der Waals surface area contributed by atoms with E-state index >= 15 is 0 Å². The summed E-state index contributed by atoms with van der Waals surface area (Å²) in [6.07, 6.45) is 1.51. The molecule has 0 bridgehead atoms. The summed E-state index contributed by atoms with van der Waals surface area (Å²) in [5.41, 5.74) is 0.0339. The molecule has 0 radical (unpaired) electrons. The molecule has 0 aliphatic rings. The third-order valence-corrected chi connectivity index (χ3v) is 4.15. The normalized spacial score (nSPS) is 11.0. The zero-order valence-corrected chi connectivity index (χ0v) is 12.1. The van der Waals surface area contributed by atoms with Gasteiger partial charge in [0.1, 0.15) is 23.4 Å². The molecule has 0 N–H and O–H groups in total. The van der Waals surface area contributed by atoms with E-state index in [1.165, 1.54) is 22.1 Å². The summed E-state index contributed by atoms with van der Waals surface area (Å²) >= 11 is 1.19. The van der Waals surface area contributed by atoms with Crippen LogP contribution in [0.5, 0.6) is 0 Å². The number of rotatable bonds is 2. The van der Waals surface area contributed by atoms with Gasteiger partial charge in [0.05, 0.1) is 6.26 Å². The van der Waals surface area contributed by atoms with Crippen molar-refractivity contribution in [3.63, 3.8) is 0 Å². The first-order valence-electron chi connectivity index (χ1n) is 6.46. The Labute approximate surface area is 132 Å². The maximum atomic E-state index is 14.0. The van der Waals surface area contributed by atoms with Gasteiger partial charge in [-0.15, -0.1) is 5.10 Å². The Morgan fingerprint density at radius 2 is 2.13 bits per heavy atom. The molecule has 0 saturated carbocycles. The molecule has 0 aliphatic heterocycles. The topological polar surface area (TPSA) is 67.1 Å². The fourth-order valence-electron chi connectivity index (χ4n) is 2.22. The van der Waals surface area contributed by atoms with Gasteiger partial charge in [-0.25, -0.2) is 13.8 Å². The van der Waals surface area contributed by atoms with Crippen LogP contribution in [0.25, 0.3) is 27.0 Å².